The number of aliphatic hydroxyl groups excluding tert-OH is 1. The van der Waals surface area contributed by atoms with E-state index in [-0.39, 0.29) is 24.1 Å². The van der Waals surface area contributed by atoms with Crippen LogP contribution in [0, 0.1) is 0 Å². The molecule has 122 valence electrons. The maximum atomic E-state index is 13.4. The summed E-state index contributed by atoms with van der Waals surface area (Å²) in [6.07, 6.45) is -2.32. The number of fused-ring (bicyclic) bond motifs is 1. The third-order valence-electron chi connectivity index (χ3n) is 4.05. The Morgan fingerprint density at radius 3 is 2.77 bits per heavy atom. The summed E-state index contributed by atoms with van der Waals surface area (Å²) in [5.74, 6) is 0.195. The molecule has 3 rings (SSSR count). The lowest BCUT2D eigenvalue weighted by atomic mass is 9.98. The molecule has 0 amide bonds. The summed E-state index contributed by atoms with van der Waals surface area (Å²) in [6, 6.07) is 4.92. The molecule has 5 nitrogen and oxygen atoms in total. The van der Waals surface area contributed by atoms with Crippen molar-refractivity contribution in [3.8, 4) is 11.5 Å². The molecule has 0 unspecified atom stereocenters. The highest BCUT2D eigenvalue weighted by atomic mass is 19.3. The van der Waals surface area contributed by atoms with Crippen LogP contribution >= 0.6 is 0 Å². The second kappa shape index (κ2) is 6.36. The predicted molar refractivity (Wildman–Crippen MR) is 76.1 cm³/mol. The first kappa shape index (κ1) is 15.5. The number of rotatable bonds is 5. The van der Waals surface area contributed by atoms with Crippen LogP contribution in [-0.2, 0) is 0 Å². The first-order chi connectivity index (χ1) is 10.6. The smallest absolute Gasteiger partial charge is 0.396 e. The van der Waals surface area contributed by atoms with Crippen molar-refractivity contribution in [1.82, 2.24) is 10.2 Å². The molecule has 1 aromatic carbocycles. The van der Waals surface area contributed by atoms with Crippen LogP contribution in [-0.4, -0.2) is 49.1 Å². The highest BCUT2D eigenvalue weighted by Crippen LogP contribution is 2.46. The number of ether oxygens (including phenoxy) is 2. The molecule has 1 fully saturated rings. The lowest BCUT2D eigenvalue weighted by Gasteiger charge is -2.35. The topological polar surface area (TPSA) is 54.0 Å². The van der Waals surface area contributed by atoms with E-state index in [0.29, 0.717) is 18.4 Å². The fraction of sp³-hybridized carbons (Fsp3) is 0.600. The predicted octanol–water partition coefficient (Wildman–Crippen LogP) is 1.73. The van der Waals surface area contributed by atoms with Crippen molar-refractivity contribution in [2.75, 3.05) is 32.8 Å². The van der Waals surface area contributed by atoms with Gasteiger partial charge in [0.1, 0.15) is 0 Å². The third kappa shape index (κ3) is 3.16. The largest absolute Gasteiger partial charge is 0.586 e. The van der Waals surface area contributed by atoms with Gasteiger partial charge in [0.2, 0.25) is 0 Å². The number of alkyl halides is 2. The molecule has 2 heterocycles. The maximum absolute atomic E-state index is 13.4. The number of aliphatic hydroxyl groups is 1. The highest BCUT2D eigenvalue weighted by molar-refractivity contribution is 5.50. The van der Waals surface area contributed by atoms with E-state index in [1.807, 2.05) is 0 Å². The van der Waals surface area contributed by atoms with Gasteiger partial charge >= 0.3 is 6.29 Å². The summed E-state index contributed by atoms with van der Waals surface area (Å²) >= 11 is 0. The van der Waals surface area contributed by atoms with Crippen LogP contribution in [0.2, 0.25) is 0 Å². The van der Waals surface area contributed by atoms with Gasteiger partial charge in [-0.05, 0) is 18.9 Å². The van der Waals surface area contributed by atoms with Crippen LogP contribution in [0.5, 0.6) is 11.5 Å². The Balaban J connectivity index is 1.90. The molecule has 0 bridgehead atoms. The molecule has 22 heavy (non-hydrogen) atoms. The molecule has 0 radical (unpaired) electrons. The zero-order valence-electron chi connectivity index (χ0n) is 12.2. The van der Waals surface area contributed by atoms with Crippen LogP contribution in [0.4, 0.5) is 8.78 Å². The SMILES string of the molecule is OCCC[C@@H](c1cccc2c1OC(F)(F)O2)N1CCNCC1. The van der Waals surface area contributed by atoms with Crippen molar-refractivity contribution in [1.29, 1.82) is 0 Å². The molecule has 0 aliphatic carbocycles. The third-order valence-corrected chi connectivity index (χ3v) is 4.05. The highest BCUT2D eigenvalue weighted by Gasteiger charge is 2.45. The van der Waals surface area contributed by atoms with Crippen LogP contribution in [0.1, 0.15) is 24.4 Å². The molecule has 1 saturated heterocycles. The molecule has 1 aromatic rings. The fourth-order valence-corrected chi connectivity index (χ4v) is 3.07. The van der Waals surface area contributed by atoms with Crippen LogP contribution in [0.3, 0.4) is 0 Å². The Hall–Kier alpha value is -1.44. The molecule has 2 aliphatic rings. The summed E-state index contributed by atoms with van der Waals surface area (Å²) in [7, 11) is 0. The van der Waals surface area contributed by atoms with Crippen molar-refractivity contribution in [3.63, 3.8) is 0 Å². The minimum atomic E-state index is -3.61. The summed E-state index contributed by atoms with van der Waals surface area (Å²) in [4.78, 5) is 2.24. The minimum absolute atomic E-state index is 0.0679. The van der Waals surface area contributed by atoms with Crippen molar-refractivity contribution in [2.24, 2.45) is 0 Å². The summed E-state index contributed by atoms with van der Waals surface area (Å²) < 4.78 is 36.0. The van der Waals surface area contributed by atoms with Gasteiger partial charge in [0.05, 0.1) is 0 Å². The number of halogens is 2. The lowest BCUT2D eigenvalue weighted by molar-refractivity contribution is -0.287. The Morgan fingerprint density at radius 1 is 1.27 bits per heavy atom. The Morgan fingerprint density at radius 2 is 2.05 bits per heavy atom. The van der Waals surface area contributed by atoms with Gasteiger partial charge in [-0.3, -0.25) is 4.90 Å². The van der Waals surface area contributed by atoms with Gasteiger partial charge in [0, 0.05) is 44.4 Å². The van der Waals surface area contributed by atoms with Crippen molar-refractivity contribution in [2.45, 2.75) is 25.2 Å². The van der Waals surface area contributed by atoms with Gasteiger partial charge < -0.3 is 19.9 Å². The van der Waals surface area contributed by atoms with Crippen molar-refractivity contribution >= 4 is 0 Å². The fourth-order valence-electron chi connectivity index (χ4n) is 3.07. The average Bonchev–Trinajstić information content (AvgIpc) is 2.83. The summed E-state index contributed by atoms with van der Waals surface area (Å²) in [6.45, 7) is 3.45. The van der Waals surface area contributed by atoms with E-state index in [1.54, 1.807) is 12.1 Å². The van der Waals surface area contributed by atoms with Gasteiger partial charge in [0.15, 0.2) is 11.5 Å². The quantitative estimate of drug-likeness (QED) is 0.867. The summed E-state index contributed by atoms with van der Waals surface area (Å²) in [5, 5.41) is 12.4. The number of nitrogens with zero attached hydrogens (tertiary/aromatic N) is 1. The molecule has 1 atom stereocenters. The molecule has 0 spiro atoms. The number of hydrogen-bond acceptors (Lipinski definition) is 5. The molecular formula is C15H20F2N2O3. The first-order valence-electron chi connectivity index (χ1n) is 7.55. The standard InChI is InChI=1S/C15H20F2N2O3/c16-15(17)21-13-5-1-3-11(14(13)22-15)12(4-2-10-20)19-8-6-18-7-9-19/h1,3,5,12,18,20H,2,4,6-10H2/t12-/m0/s1. The molecule has 0 saturated carbocycles. The van der Waals surface area contributed by atoms with E-state index in [2.05, 4.69) is 15.0 Å². The zero-order chi connectivity index (χ0) is 15.6. The van der Waals surface area contributed by atoms with Crippen molar-refractivity contribution in [3.05, 3.63) is 23.8 Å². The second-order valence-corrected chi connectivity index (χ2v) is 5.51. The van der Waals surface area contributed by atoms with Gasteiger partial charge in [-0.25, -0.2) is 0 Å². The molecule has 2 N–H and O–H groups in total. The normalized spacial score (nSPS) is 21.8. The van der Waals surface area contributed by atoms with E-state index in [4.69, 9.17) is 9.84 Å². The van der Waals surface area contributed by atoms with E-state index in [1.165, 1.54) is 6.07 Å². The number of para-hydroxylation sites is 1. The van der Waals surface area contributed by atoms with Crippen molar-refractivity contribution < 1.29 is 23.4 Å². The van der Waals surface area contributed by atoms with E-state index in [9.17, 15) is 8.78 Å². The van der Waals surface area contributed by atoms with Crippen LogP contribution in [0.15, 0.2) is 18.2 Å². The monoisotopic (exact) mass is 314 g/mol. The molecule has 7 heteroatoms. The van der Waals surface area contributed by atoms with Crippen LogP contribution < -0.4 is 14.8 Å². The lowest BCUT2D eigenvalue weighted by Crippen LogP contribution is -2.45. The zero-order valence-corrected chi connectivity index (χ0v) is 12.2. The van der Waals surface area contributed by atoms with Gasteiger partial charge in [-0.15, -0.1) is 8.78 Å². The Labute approximate surface area is 127 Å². The molecule has 0 aromatic heterocycles. The minimum Gasteiger partial charge on any atom is -0.396 e. The first-order valence-corrected chi connectivity index (χ1v) is 7.55. The van der Waals surface area contributed by atoms with E-state index in [0.717, 1.165) is 26.2 Å². The molecular weight excluding hydrogens is 294 g/mol. The maximum Gasteiger partial charge on any atom is 0.586 e. The van der Waals surface area contributed by atoms with E-state index < -0.39 is 6.29 Å². The van der Waals surface area contributed by atoms with Gasteiger partial charge in [-0.1, -0.05) is 12.1 Å². The Kier molecular flexibility index (Phi) is 4.46. The number of hydrogen-bond donors (Lipinski definition) is 2. The average molecular weight is 314 g/mol. The number of piperazine rings is 1. The molecule has 2 aliphatic heterocycles. The van der Waals surface area contributed by atoms with Gasteiger partial charge in [0.25, 0.3) is 0 Å². The second-order valence-electron chi connectivity index (χ2n) is 5.51. The van der Waals surface area contributed by atoms with Crippen LogP contribution in [0.25, 0.3) is 0 Å². The Bertz CT molecular complexity index is 522. The van der Waals surface area contributed by atoms with Gasteiger partial charge in [-0.2, -0.15) is 0 Å². The number of nitrogens with one attached hydrogen (secondary N) is 1. The number of benzene rings is 1. The summed E-state index contributed by atoms with van der Waals surface area (Å²) in [5.41, 5.74) is 0.699. The van der Waals surface area contributed by atoms with E-state index >= 15 is 0 Å².